The zero-order valence-electron chi connectivity index (χ0n) is 11.1. The summed E-state index contributed by atoms with van der Waals surface area (Å²) >= 11 is 1.46. The van der Waals surface area contributed by atoms with Gasteiger partial charge in [-0.1, -0.05) is 0 Å². The van der Waals surface area contributed by atoms with Gasteiger partial charge in [0.1, 0.15) is 11.4 Å². The van der Waals surface area contributed by atoms with Crippen molar-refractivity contribution >= 4 is 22.9 Å². The number of aryl methyl sites for hydroxylation is 1. The van der Waals surface area contributed by atoms with Gasteiger partial charge in [0.2, 0.25) is 0 Å². The van der Waals surface area contributed by atoms with Crippen LogP contribution >= 0.6 is 11.3 Å². The van der Waals surface area contributed by atoms with Gasteiger partial charge in [-0.3, -0.25) is 4.79 Å². The molecule has 0 atom stereocenters. The number of carbonyl (C=O) groups excluding carboxylic acids is 1. The summed E-state index contributed by atoms with van der Waals surface area (Å²) in [6.45, 7) is 5.82. The minimum Gasteiger partial charge on any atom is -0.491 e. The molecular weight excluding hydrogens is 260 g/mol. The smallest absolute Gasteiger partial charge is 0.275 e. The van der Waals surface area contributed by atoms with Crippen molar-refractivity contribution < 1.29 is 9.53 Å². The standard InChI is InChI=1S/C14H16N2O2S/c1-9(2)18-12-6-4-11(5-7-12)16-14(17)13-8-19-10(3)15-13/h4-9H,1-3H3,(H,16,17). The molecule has 100 valence electrons. The van der Waals surface area contributed by atoms with Crippen LogP contribution in [-0.2, 0) is 0 Å². The highest BCUT2D eigenvalue weighted by molar-refractivity contribution is 7.09. The molecule has 0 spiro atoms. The van der Waals surface area contributed by atoms with E-state index in [1.54, 1.807) is 5.38 Å². The molecule has 0 unspecified atom stereocenters. The molecule has 1 amide bonds. The number of rotatable bonds is 4. The summed E-state index contributed by atoms with van der Waals surface area (Å²) in [5, 5.41) is 5.43. The Morgan fingerprint density at radius 1 is 1.32 bits per heavy atom. The Balaban J connectivity index is 2.01. The minimum absolute atomic E-state index is 0.137. The maximum absolute atomic E-state index is 11.9. The molecule has 19 heavy (non-hydrogen) atoms. The van der Waals surface area contributed by atoms with Crippen molar-refractivity contribution in [2.24, 2.45) is 0 Å². The molecule has 1 N–H and O–H groups in total. The van der Waals surface area contributed by atoms with Gasteiger partial charge in [-0.25, -0.2) is 4.98 Å². The van der Waals surface area contributed by atoms with Crippen molar-refractivity contribution in [3.05, 3.63) is 40.3 Å². The second-order valence-corrected chi connectivity index (χ2v) is 5.46. The molecule has 5 heteroatoms. The van der Waals surface area contributed by atoms with Crippen molar-refractivity contribution in [1.82, 2.24) is 4.98 Å². The van der Waals surface area contributed by atoms with Crippen LogP contribution in [0, 0.1) is 6.92 Å². The zero-order valence-corrected chi connectivity index (χ0v) is 12.0. The van der Waals surface area contributed by atoms with Crippen LogP contribution in [0.4, 0.5) is 5.69 Å². The molecule has 0 fully saturated rings. The van der Waals surface area contributed by atoms with Gasteiger partial charge in [-0.2, -0.15) is 0 Å². The number of aromatic nitrogens is 1. The lowest BCUT2D eigenvalue weighted by Gasteiger charge is -2.10. The molecule has 1 heterocycles. The Hall–Kier alpha value is -1.88. The quantitative estimate of drug-likeness (QED) is 0.930. The summed E-state index contributed by atoms with van der Waals surface area (Å²) in [6, 6.07) is 7.30. The summed E-state index contributed by atoms with van der Waals surface area (Å²) in [4.78, 5) is 16.0. The lowest BCUT2D eigenvalue weighted by Crippen LogP contribution is -2.12. The van der Waals surface area contributed by atoms with Crippen LogP contribution in [0.25, 0.3) is 0 Å². The Bertz CT molecular complexity index is 561. The van der Waals surface area contributed by atoms with Crippen molar-refractivity contribution in [3.8, 4) is 5.75 Å². The van der Waals surface area contributed by atoms with Gasteiger partial charge in [0.15, 0.2) is 0 Å². The summed E-state index contributed by atoms with van der Waals surface area (Å²) in [7, 11) is 0. The van der Waals surface area contributed by atoms with Crippen LogP contribution in [0.15, 0.2) is 29.6 Å². The number of hydrogen-bond acceptors (Lipinski definition) is 4. The first-order chi connectivity index (χ1) is 9.04. The summed E-state index contributed by atoms with van der Waals surface area (Å²) < 4.78 is 5.54. The molecule has 4 nitrogen and oxygen atoms in total. The van der Waals surface area contributed by atoms with Crippen molar-refractivity contribution in [2.75, 3.05) is 5.32 Å². The fraction of sp³-hybridized carbons (Fsp3) is 0.286. The lowest BCUT2D eigenvalue weighted by atomic mass is 10.3. The molecule has 2 rings (SSSR count). The Morgan fingerprint density at radius 3 is 2.53 bits per heavy atom. The zero-order chi connectivity index (χ0) is 13.8. The number of anilines is 1. The monoisotopic (exact) mass is 276 g/mol. The largest absolute Gasteiger partial charge is 0.491 e. The molecule has 0 radical (unpaired) electrons. The van der Waals surface area contributed by atoms with E-state index in [0.29, 0.717) is 5.69 Å². The summed E-state index contributed by atoms with van der Waals surface area (Å²) in [5.74, 6) is 0.597. The van der Waals surface area contributed by atoms with Crippen LogP contribution in [-0.4, -0.2) is 17.0 Å². The highest BCUT2D eigenvalue weighted by Gasteiger charge is 2.09. The van der Waals surface area contributed by atoms with E-state index in [9.17, 15) is 4.79 Å². The Morgan fingerprint density at radius 2 is 2.00 bits per heavy atom. The maximum Gasteiger partial charge on any atom is 0.275 e. The van der Waals surface area contributed by atoms with Gasteiger partial charge in [-0.15, -0.1) is 11.3 Å². The summed E-state index contributed by atoms with van der Waals surface area (Å²) in [5.41, 5.74) is 1.18. The first-order valence-corrected chi connectivity index (χ1v) is 6.93. The normalized spacial score (nSPS) is 10.5. The fourth-order valence-electron chi connectivity index (χ4n) is 1.55. The third-order valence-corrected chi connectivity index (χ3v) is 3.11. The second-order valence-electron chi connectivity index (χ2n) is 4.40. The molecule has 2 aromatic rings. The van der Waals surface area contributed by atoms with Crippen LogP contribution in [0.3, 0.4) is 0 Å². The molecule has 0 saturated carbocycles. The first-order valence-electron chi connectivity index (χ1n) is 6.05. The van der Waals surface area contributed by atoms with Crippen molar-refractivity contribution in [3.63, 3.8) is 0 Å². The highest BCUT2D eigenvalue weighted by atomic mass is 32.1. The summed E-state index contributed by atoms with van der Waals surface area (Å²) in [6.07, 6.45) is 0.137. The third kappa shape index (κ3) is 3.79. The van der Waals surface area contributed by atoms with Gasteiger partial charge < -0.3 is 10.1 Å². The van der Waals surface area contributed by atoms with Gasteiger partial charge >= 0.3 is 0 Å². The molecule has 0 aliphatic heterocycles. The number of thiazole rings is 1. The molecule has 1 aromatic carbocycles. The van der Waals surface area contributed by atoms with Gasteiger partial charge in [0.25, 0.3) is 5.91 Å². The van der Waals surface area contributed by atoms with Crippen LogP contribution < -0.4 is 10.1 Å². The van der Waals surface area contributed by atoms with Crippen LogP contribution in [0.2, 0.25) is 0 Å². The number of hydrogen-bond donors (Lipinski definition) is 1. The van der Waals surface area contributed by atoms with Gasteiger partial charge in [0, 0.05) is 11.1 Å². The molecule has 0 saturated heterocycles. The fourth-order valence-corrected chi connectivity index (χ4v) is 2.14. The molecular formula is C14H16N2O2S. The number of nitrogens with zero attached hydrogens (tertiary/aromatic N) is 1. The van der Waals surface area contributed by atoms with Crippen LogP contribution in [0.5, 0.6) is 5.75 Å². The van der Waals surface area contributed by atoms with E-state index in [0.717, 1.165) is 16.4 Å². The lowest BCUT2D eigenvalue weighted by molar-refractivity contribution is 0.102. The molecule has 1 aromatic heterocycles. The predicted molar refractivity (Wildman–Crippen MR) is 77.0 cm³/mol. The second kappa shape index (κ2) is 5.84. The van der Waals surface area contributed by atoms with E-state index in [1.165, 1.54) is 11.3 Å². The number of nitrogens with one attached hydrogen (secondary N) is 1. The highest BCUT2D eigenvalue weighted by Crippen LogP contribution is 2.18. The van der Waals surface area contributed by atoms with E-state index in [2.05, 4.69) is 10.3 Å². The van der Waals surface area contributed by atoms with Crippen molar-refractivity contribution in [1.29, 1.82) is 0 Å². The van der Waals surface area contributed by atoms with E-state index in [4.69, 9.17) is 4.74 Å². The van der Waals surface area contributed by atoms with Crippen LogP contribution in [0.1, 0.15) is 29.3 Å². The minimum atomic E-state index is -0.193. The number of benzene rings is 1. The Kier molecular flexibility index (Phi) is 4.16. The average Bonchev–Trinajstić information content (AvgIpc) is 2.78. The average molecular weight is 276 g/mol. The molecule has 0 bridgehead atoms. The Labute approximate surface area is 116 Å². The predicted octanol–water partition coefficient (Wildman–Crippen LogP) is 3.49. The van der Waals surface area contributed by atoms with E-state index < -0.39 is 0 Å². The SMILES string of the molecule is Cc1nc(C(=O)Nc2ccc(OC(C)C)cc2)cs1. The topological polar surface area (TPSA) is 51.2 Å². The van der Waals surface area contributed by atoms with Crippen molar-refractivity contribution in [2.45, 2.75) is 26.9 Å². The number of amides is 1. The number of carbonyl (C=O) groups is 1. The molecule has 0 aliphatic carbocycles. The van der Waals surface area contributed by atoms with E-state index >= 15 is 0 Å². The van der Waals surface area contributed by atoms with Gasteiger partial charge in [0.05, 0.1) is 11.1 Å². The maximum atomic E-state index is 11.9. The van der Waals surface area contributed by atoms with Gasteiger partial charge in [-0.05, 0) is 45.0 Å². The number of ether oxygens (including phenoxy) is 1. The molecule has 0 aliphatic rings. The third-order valence-electron chi connectivity index (χ3n) is 2.34. The van der Waals surface area contributed by atoms with E-state index in [-0.39, 0.29) is 12.0 Å². The first kappa shape index (κ1) is 13.5. The van der Waals surface area contributed by atoms with E-state index in [1.807, 2.05) is 45.0 Å².